The molecule has 0 spiro atoms. The minimum Gasteiger partial charge on any atom is -0.489 e. The number of alkyl halides is 1. The molecule has 2 heterocycles. The topological polar surface area (TPSA) is 63.8 Å². The molecule has 6 nitrogen and oxygen atoms in total. The summed E-state index contributed by atoms with van der Waals surface area (Å²) in [6, 6.07) is 28.0. The zero-order valence-corrected chi connectivity index (χ0v) is 23.9. The first-order valence-corrected chi connectivity index (χ1v) is 14.6. The average molecular weight is 594 g/mol. The summed E-state index contributed by atoms with van der Waals surface area (Å²) in [5.41, 5.74) is 2.37. The van der Waals surface area contributed by atoms with Gasteiger partial charge in [-0.1, -0.05) is 76.6 Å². The first-order valence-electron chi connectivity index (χ1n) is 13.5. The van der Waals surface area contributed by atoms with Crippen molar-refractivity contribution in [1.82, 2.24) is 9.88 Å². The maximum absolute atomic E-state index is 11.8. The van der Waals surface area contributed by atoms with Gasteiger partial charge in [-0.25, -0.2) is 0 Å². The lowest BCUT2D eigenvalue weighted by atomic mass is 10.1. The fourth-order valence-corrected chi connectivity index (χ4v) is 4.75. The van der Waals surface area contributed by atoms with Crippen LogP contribution < -0.4 is 10.3 Å². The predicted octanol–water partition coefficient (Wildman–Crippen LogP) is 6.19. The Balaban J connectivity index is 0.000000270. The molecule has 1 N–H and O–H groups in total. The van der Waals surface area contributed by atoms with Crippen LogP contribution in [0.3, 0.4) is 0 Å². The van der Waals surface area contributed by atoms with Gasteiger partial charge < -0.3 is 19.2 Å². The second-order valence-corrected chi connectivity index (χ2v) is 10.3. The molecule has 39 heavy (non-hydrogen) atoms. The Labute approximate surface area is 239 Å². The van der Waals surface area contributed by atoms with E-state index in [0.29, 0.717) is 18.6 Å². The second-order valence-electron chi connectivity index (χ2n) is 9.50. The third-order valence-electron chi connectivity index (χ3n) is 6.51. The Bertz CT molecular complexity index is 1300. The number of nitrogens with zero attached hydrogens (tertiary/aromatic N) is 1. The van der Waals surface area contributed by atoms with Crippen LogP contribution in [0.15, 0.2) is 95.9 Å². The Hall–Kier alpha value is -2.97. The van der Waals surface area contributed by atoms with Crippen LogP contribution in [-0.4, -0.2) is 54.2 Å². The first-order chi connectivity index (χ1) is 19.2. The fraction of sp³-hybridized carbons (Fsp3) is 0.344. The molecule has 4 aromatic rings. The molecule has 1 fully saturated rings. The van der Waals surface area contributed by atoms with Gasteiger partial charge in [-0.15, -0.1) is 0 Å². The van der Waals surface area contributed by atoms with E-state index >= 15 is 0 Å². The van der Waals surface area contributed by atoms with Crippen LogP contribution in [0, 0.1) is 0 Å². The van der Waals surface area contributed by atoms with E-state index in [2.05, 4.69) is 50.1 Å². The summed E-state index contributed by atoms with van der Waals surface area (Å²) >= 11 is 3.30. The lowest BCUT2D eigenvalue weighted by molar-refractivity contribution is 0.0510. The van der Waals surface area contributed by atoms with Gasteiger partial charge in [0.2, 0.25) is 0 Å². The van der Waals surface area contributed by atoms with Crippen molar-refractivity contribution >= 4 is 26.7 Å². The Morgan fingerprint density at radius 3 is 2.26 bits per heavy atom. The zero-order valence-electron chi connectivity index (χ0n) is 22.3. The van der Waals surface area contributed by atoms with E-state index in [9.17, 15) is 4.79 Å². The van der Waals surface area contributed by atoms with E-state index in [0.717, 1.165) is 62.2 Å². The summed E-state index contributed by atoms with van der Waals surface area (Å²) < 4.78 is 17.4. The smallest absolute Gasteiger partial charge is 0.255 e. The number of rotatable bonds is 11. The minimum atomic E-state index is -0.0663. The number of pyridine rings is 1. The van der Waals surface area contributed by atoms with Crippen molar-refractivity contribution < 1.29 is 14.2 Å². The number of hydrogen-bond donors (Lipinski definition) is 1. The summed E-state index contributed by atoms with van der Waals surface area (Å²) in [5.74, 6) is 0.824. The maximum Gasteiger partial charge on any atom is 0.255 e. The van der Waals surface area contributed by atoms with Crippen LogP contribution in [0.4, 0.5) is 0 Å². The lowest BCUT2D eigenvalue weighted by Crippen LogP contribution is -2.42. The van der Waals surface area contributed by atoms with E-state index in [-0.39, 0.29) is 11.7 Å². The molecule has 1 aliphatic heterocycles. The third kappa shape index (κ3) is 9.93. The second kappa shape index (κ2) is 16.2. The van der Waals surface area contributed by atoms with Crippen LogP contribution in [0.25, 0.3) is 10.8 Å². The molecule has 7 heteroatoms. The predicted molar refractivity (Wildman–Crippen MR) is 161 cm³/mol. The molecule has 0 unspecified atom stereocenters. The molecule has 0 saturated carbocycles. The summed E-state index contributed by atoms with van der Waals surface area (Å²) in [6.45, 7) is 5.77. The van der Waals surface area contributed by atoms with Crippen molar-refractivity contribution in [3.8, 4) is 5.75 Å². The number of aromatic nitrogens is 1. The van der Waals surface area contributed by atoms with Crippen molar-refractivity contribution in [3.05, 3.63) is 113 Å². The highest BCUT2D eigenvalue weighted by Gasteiger charge is 2.21. The standard InChI is InChI=1S/C23H26N2O3.C9H11BrO/c26-23-22-9-8-20(15-19(22)10-11-24-23)28-21-7-4-12-25(16-21)13-14-27-17-18-5-2-1-3-6-18;10-6-7-11-8-9-4-2-1-3-5-9/h1-3,5-6,8-11,15,21H,4,7,12-14,16-17H2,(H,24,26);1-5H,6-8H2/t21-;/m0./s1. The highest BCUT2D eigenvalue weighted by atomic mass is 79.9. The largest absolute Gasteiger partial charge is 0.489 e. The Kier molecular flexibility index (Phi) is 12.1. The van der Waals surface area contributed by atoms with Crippen molar-refractivity contribution in [2.75, 3.05) is 38.2 Å². The molecular formula is C32H37BrN2O4. The maximum atomic E-state index is 11.8. The molecule has 1 saturated heterocycles. The summed E-state index contributed by atoms with van der Waals surface area (Å²) in [5, 5.41) is 2.50. The van der Waals surface area contributed by atoms with E-state index in [4.69, 9.17) is 14.2 Å². The van der Waals surface area contributed by atoms with Gasteiger partial charge in [0.05, 0.1) is 26.4 Å². The summed E-state index contributed by atoms with van der Waals surface area (Å²) in [4.78, 5) is 16.9. The van der Waals surface area contributed by atoms with Crippen molar-refractivity contribution in [2.24, 2.45) is 0 Å². The van der Waals surface area contributed by atoms with Gasteiger partial charge in [0.25, 0.3) is 5.56 Å². The molecule has 1 aromatic heterocycles. The molecular weight excluding hydrogens is 556 g/mol. The number of fused-ring (bicyclic) bond motifs is 1. The van der Waals surface area contributed by atoms with Gasteiger partial charge in [-0.2, -0.15) is 0 Å². The fourth-order valence-electron chi connectivity index (χ4n) is 4.53. The van der Waals surface area contributed by atoms with Gasteiger partial charge in [-0.3, -0.25) is 9.69 Å². The minimum absolute atomic E-state index is 0.0663. The summed E-state index contributed by atoms with van der Waals surface area (Å²) in [7, 11) is 0. The third-order valence-corrected chi connectivity index (χ3v) is 6.83. The van der Waals surface area contributed by atoms with E-state index in [1.807, 2.05) is 60.7 Å². The molecule has 0 aliphatic carbocycles. The monoisotopic (exact) mass is 592 g/mol. The Morgan fingerprint density at radius 2 is 1.56 bits per heavy atom. The van der Waals surface area contributed by atoms with Gasteiger partial charge in [0.15, 0.2) is 0 Å². The van der Waals surface area contributed by atoms with E-state index < -0.39 is 0 Å². The number of benzene rings is 3. The van der Waals surface area contributed by atoms with Crippen LogP contribution in [-0.2, 0) is 22.7 Å². The number of aromatic amines is 1. The first kappa shape index (κ1) is 29.0. The molecule has 0 amide bonds. The number of piperidine rings is 1. The van der Waals surface area contributed by atoms with Crippen molar-refractivity contribution in [3.63, 3.8) is 0 Å². The molecule has 3 aromatic carbocycles. The van der Waals surface area contributed by atoms with Crippen LogP contribution in [0.2, 0.25) is 0 Å². The van der Waals surface area contributed by atoms with Gasteiger partial charge >= 0.3 is 0 Å². The number of nitrogens with one attached hydrogen (secondary N) is 1. The normalized spacial score (nSPS) is 15.5. The lowest BCUT2D eigenvalue weighted by Gasteiger charge is -2.32. The van der Waals surface area contributed by atoms with Gasteiger partial charge in [0, 0.05) is 30.0 Å². The Morgan fingerprint density at radius 1 is 0.872 bits per heavy atom. The van der Waals surface area contributed by atoms with Crippen LogP contribution in [0.1, 0.15) is 24.0 Å². The molecule has 206 valence electrons. The van der Waals surface area contributed by atoms with Crippen molar-refractivity contribution in [1.29, 1.82) is 0 Å². The van der Waals surface area contributed by atoms with E-state index in [1.54, 1.807) is 6.20 Å². The zero-order chi connectivity index (χ0) is 27.1. The number of H-pyrrole nitrogens is 1. The molecule has 0 radical (unpaired) electrons. The number of ether oxygens (including phenoxy) is 3. The van der Waals surface area contributed by atoms with Gasteiger partial charge in [-0.05, 0) is 60.2 Å². The average Bonchev–Trinajstić information content (AvgIpc) is 2.97. The molecule has 5 rings (SSSR count). The SMILES string of the molecule is BrCCOCc1ccccc1.O=c1[nH]ccc2cc(O[C@H]3CCCN(CCOCc4ccccc4)C3)ccc12. The highest BCUT2D eigenvalue weighted by molar-refractivity contribution is 9.09. The van der Waals surface area contributed by atoms with Crippen LogP contribution >= 0.6 is 15.9 Å². The highest BCUT2D eigenvalue weighted by Crippen LogP contribution is 2.22. The summed E-state index contributed by atoms with van der Waals surface area (Å²) in [6.07, 6.45) is 4.01. The molecule has 1 aliphatic rings. The quantitative estimate of drug-likeness (QED) is 0.166. The number of halogens is 1. The van der Waals surface area contributed by atoms with Crippen LogP contribution in [0.5, 0.6) is 5.75 Å². The number of likely N-dealkylation sites (tertiary alicyclic amines) is 1. The number of hydrogen-bond acceptors (Lipinski definition) is 5. The molecule has 0 bridgehead atoms. The van der Waals surface area contributed by atoms with Gasteiger partial charge in [0.1, 0.15) is 11.9 Å². The van der Waals surface area contributed by atoms with Crippen molar-refractivity contribution in [2.45, 2.75) is 32.2 Å². The van der Waals surface area contributed by atoms with E-state index in [1.165, 1.54) is 11.1 Å². The molecule has 1 atom stereocenters.